The summed E-state index contributed by atoms with van der Waals surface area (Å²) in [4.78, 5) is 21.6. The number of rotatable bonds is 8. The molecule has 1 aliphatic heterocycles. The third-order valence-corrected chi connectivity index (χ3v) is 6.90. The third kappa shape index (κ3) is 8.34. The van der Waals surface area contributed by atoms with E-state index < -0.39 is 39.3 Å². The first-order valence-corrected chi connectivity index (χ1v) is 14.8. The first-order chi connectivity index (χ1) is 18.3. The molecule has 0 radical (unpaired) electrons. The second kappa shape index (κ2) is 11.7. The lowest BCUT2D eigenvalue weighted by Crippen LogP contribution is -2.36. The molecule has 0 unspecified atom stereocenters. The third-order valence-electron chi connectivity index (χ3n) is 5.75. The zero-order valence-corrected chi connectivity index (χ0v) is 25.3. The van der Waals surface area contributed by atoms with Crippen LogP contribution in [0.5, 0.6) is 0 Å². The van der Waals surface area contributed by atoms with Gasteiger partial charge in [0.1, 0.15) is 29.7 Å². The Morgan fingerprint density at radius 1 is 1.20 bits per heavy atom. The summed E-state index contributed by atoms with van der Waals surface area (Å²) in [5, 5.41) is 0. The van der Waals surface area contributed by atoms with E-state index in [2.05, 4.69) is 9.97 Å². The van der Waals surface area contributed by atoms with Crippen molar-refractivity contribution in [2.45, 2.75) is 78.3 Å². The zero-order chi connectivity index (χ0) is 30.0. The average molecular weight is 576 g/mol. The Kier molecular flexibility index (Phi) is 9.10. The summed E-state index contributed by atoms with van der Waals surface area (Å²) in [5.41, 5.74) is 1.62. The van der Waals surface area contributed by atoms with Crippen molar-refractivity contribution in [3.8, 4) is 11.3 Å². The van der Waals surface area contributed by atoms with Crippen molar-refractivity contribution in [3.63, 3.8) is 0 Å². The van der Waals surface area contributed by atoms with E-state index in [1.54, 1.807) is 65.0 Å². The molecule has 0 spiro atoms. The highest BCUT2D eigenvalue weighted by Gasteiger charge is 2.32. The number of hydrogen-bond donors (Lipinski definition) is 0. The van der Waals surface area contributed by atoms with Crippen LogP contribution >= 0.6 is 0 Å². The lowest BCUT2D eigenvalue weighted by molar-refractivity contribution is -0.215. The van der Waals surface area contributed by atoms with Crippen LogP contribution in [-0.2, 0) is 29.0 Å². The number of nitrogens with zero attached hydrogens (tertiary/aromatic N) is 3. The molecule has 40 heavy (non-hydrogen) atoms. The van der Waals surface area contributed by atoms with E-state index in [1.165, 1.54) is 19.2 Å². The van der Waals surface area contributed by atoms with Gasteiger partial charge in [0.15, 0.2) is 0 Å². The van der Waals surface area contributed by atoms with Crippen LogP contribution in [0.15, 0.2) is 42.2 Å². The molecule has 218 valence electrons. The molecule has 0 saturated carbocycles. The largest absolute Gasteiger partial charge is 0.467 e. The number of ether oxygens (including phenoxy) is 3. The highest BCUT2D eigenvalue weighted by molar-refractivity contribution is 7.92. The maximum Gasteiger partial charge on any atom is 0.313 e. The molecule has 9 nitrogen and oxygen atoms in total. The van der Waals surface area contributed by atoms with Crippen LogP contribution in [0.2, 0.25) is 0 Å². The molecule has 2 aromatic rings. The molecule has 3 rings (SSSR count). The van der Waals surface area contributed by atoms with E-state index in [0.29, 0.717) is 28.3 Å². The van der Waals surface area contributed by atoms with E-state index in [1.807, 2.05) is 13.8 Å². The van der Waals surface area contributed by atoms with Crippen molar-refractivity contribution < 1.29 is 31.8 Å². The molecular formula is C29H38FN3O6S. The van der Waals surface area contributed by atoms with Gasteiger partial charge < -0.3 is 14.2 Å². The number of esters is 1. The fourth-order valence-electron chi connectivity index (χ4n) is 4.02. The van der Waals surface area contributed by atoms with Crippen LogP contribution in [0.4, 0.5) is 10.3 Å². The normalized spacial score (nSPS) is 17.5. The lowest BCUT2D eigenvalue weighted by atomic mass is 9.97. The Morgan fingerprint density at radius 3 is 2.38 bits per heavy atom. The number of aromatic nitrogens is 2. The quantitative estimate of drug-likeness (QED) is 0.375. The first-order valence-electron chi connectivity index (χ1n) is 12.9. The van der Waals surface area contributed by atoms with E-state index in [4.69, 9.17) is 14.2 Å². The van der Waals surface area contributed by atoms with Crippen molar-refractivity contribution in [2.24, 2.45) is 0 Å². The molecular weight excluding hydrogens is 537 g/mol. The van der Waals surface area contributed by atoms with Crippen molar-refractivity contribution in [2.75, 3.05) is 17.6 Å². The number of sulfonamides is 1. The lowest BCUT2D eigenvalue weighted by Gasteiger charge is -2.35. The van der Waals surface area contributed by atoms with Crippen molar-refractivity contribution in [3.05, 3.63) is 59.3 Å². The highest BCUT2D eigenvalue weighted by atomic mass is 32.2. The summed E-state index contributed by atoms with van der Waals surface area (Å²) in [7, 11) is -2.25. The molecule has 1 aromatic carbocycles. The summed E-state index contributed by atoms with van der Waals surface area (Å²) in [6, 6.07) is 5.79. The molecule has 0 bridgehead atoms. The Hall–Kier alpha value is -3.31. The predicted molar refractivity (Wildman–Crippen MR) is 152 cm³/mol. The van der Waals surface area contributed by atoms with Gasteiger partial charge in [0.25, 0.3) is 0 Å². The van der Waals surface area contributed by atoms with Crippen molar-refractivity contribution in [1.29, 1.82) is 0 Å². The molecule has 0 fully saturated rings. The molecule has 0 aliphatic carbocycles. The summed E-state index contributed by atoms with van der Waals surface area (Å²) in [5.74, 6) is -1.53. The fraction of sp³-hybridized carbons (Fsp3) is 0.483. The summed E-state index contributed by atoms with van der Waals surface area (Å²) < 4.78 is 56.7. The molecule has 1 atom stereocenters. The number of halogens is 1. The van der Waals surface area contributed by atoms with Crippen LogP contribution in [0.3, 0.4) is 0 Å². The van der Waals surface area contributed by atoms with Gasteiger partial charge in [-0.15, -0.1) is 0 Å². The zero-order valence-electron chi connectivity index (χ0n) is 24.5. The van der Waals surface area contributed by atoms with Crippen molar-refractivity contribution in [1.82, 2.24) is 9.97 Å². The Bertz CT molecular complexity index is 1410. The summed E-state index contributed by atoms with van der Waals surface area (Å²) >= 11 is 0. The molecule has 11 heteroatoms. The number of carbonyl (C=O) groups excluding carboxylic acids is 1. The van der Waals surface area contributed by atoms with Gasteiger partial charge in [-0.2, -0.15) is 0 Å². The van der Waals surface area contributed by atoms with Crippen LogP contribution in [0.25, 0.3) is 17.3 Å². The van der Waals surface area contributed by atoms with E-state index in [-0.39, 0.29) is 18.3 Å². The van der Waals surface area contributed by atoms with Crippen LogP contribution in [0.1, 0.15) is 72.1 Å². The average Bonchev–Trinajstić information content (AvgIpc) is 2.79. The van der Waals surface area contributed by atoms with Crippen molar-refractivity contribution >= 4 is 28.0 Å². The summed E-state index contributed by atoms with van der Waals surface area (Å²) in [6.45, 7) is 12.8. The van der Waals surface area contributed by atoms with Crippen LogP contribution in [0, 0.1) is 5.82 Å². The number of hydrogen-bond acceptors (Lipinski definition) is 8. The smallest absolute Gasteiger partial charge is 0.313 e. The van der Waals surface area contributed by atoms with Gasteiger partial charge in [-0.05, 0) is 57.0 Å². The second-order valence-corrected chi connectivity index (χ2v) is 13.4. The van der Waals surface area contributed by atoms with Gasteiger partial charge in [0, 0.05) is 32.0 Å². The molecule has 2 heterocycles. The number of carbonyl (C=O) groups is 1. The fourth-order valence-corrected chi connectivity index (χ4v) is 4.39. The van der Waals surface area contributed by atoms with Gasteiger partial charge >= 0.3 is 5.97 Å². The topological polar surface area (TPSA) is 108 Å². The van der Waals surface area contributed by atoms with Gasteiger partial charge in [0.05, 0.1) is 17.6 Å². The summed E-state index contributed by atoms with van der Waals surface area (Å²) in [6.07, 6.45) is 5.73. The maximum atomic E-state index is 13.8. The predicted octanol–water partition coefficient (Wildman–Crippen LogP) is 5.58. The second-order valence-electron chi connectivity index (χ2n) is 11.4. The molecule has 0 amide bonds. The minimum absolute atomic E-state index is 0.00525. The number of benzene rings is 1. The maximum absolute atomic E-state index is 13.8. The van der Waals surface area contributed by atoms with Gasteiger partial charge in [-0.3, -0.25) is 4.79 Å². The van der Waals surface area contributed by atoms with E-state index >= 15 is 0 Å². The molecule has 1 aliphatic rings. The monoisotopic (exact) mass is 575 g/mol. The number of anilines is 1. The van der Waals surface area contributed by atoms with Gasteiger partial charge in [0.2, 0.25) is 21.8 Å². The van der Waals surface area contributed by atoms with E-state index in [0.717, 1.165) is 10.6 Å². The molecule has 0 saturated heterocycles. The Balaban J connectivity index is 2.10. The Morgan fingerprint density at radius 2 is 1.82 bits per heavy atom. The van der Waals surface area contributed by atoms with Crippen LogP contribution in [-0.4, -0.2) is 55.2 Å². The Labute approximate surface area is 236 Å². The standard InChI is InChI=1S/C29H38FN3O6S/c1-18(2)25-23(15-14-21-16-22(38-29(6,7)37-21)17-24(34)39-28(3,4)5)26(19-10-12-20(30)13-11-19)32-27(31-25)33(8)40(9,35)36/h10-16,18,21H,17H2,1-9H3/t21-/m0/s1. The van der Waals surface area contributed by atoms with Gasteiger partial charge in [-0.25, -0.2) is 27.1 Å². The minimum Gasteiger partial charge on any atom is -0.467 e. The molecule has 0 N–H and O–H groups in total. The SMILES string of the molecule is CC(C)c1nc(N(C)S(C)(=O)=O)nc(-c2ccc(F)cc2)c1C=C[C@H]1C=C(CC(=O)OC(C)(C)C)OC(C)(C)O1. The minimum atomic E-state index is -3.64. The first kappa shape index (κ1) is 31.2. The highest BCUT2D eigenvalue weighted by Crippen LogP contribution is 2.33. The molecule has 1 aromatic heterocycles. The van der Waals surface area contributed by atoms with E-state index in [9.17, 15) is 17.6 Å². The van der Waals surface area contributed by atoms with Gasteiger partial charge in [-0.1, -0.05) is 26.0 Å². The van der Waals surface area contributed by atoms with Crippen LogP contribution < -0.4 is 4.31 Å².